The molecule has 0 spiro atoms. The van der Waals surface area contributed by atoms with E-state index in [1.54, 1.807) is 12.1 Å². The molecule has 1 atom stereocenters. The Morgan fingerprint density at radius 1 is 1.25 bits per heavy atom. The van der Waals surface area contributed by atoms with Crippen molar-refractivity contribution in [3.8, 4) is 0 Å². The van der Waals surface area contributed by atoms with Crippen molar-refractivity contribution < 1.29 is 9.32 Å². The minimum atomic E-state index is -0.0739. The van der Waals surface area contributed by atoms with Gasteiger partial charge in [-0.05, 0) is 44.5 Å². The van der Waals surface area contributed by atoms with Gasteiger partial charge in [0, 0.05) is 17.3 Å². The SMILES string of the molecule is CC[C@@H](C)NC(=O)c1ccc(Nc2ncnc3onc(C)c23)cc1. The molecule has 0 aliphatic rings. The van der Waals surface area contributed by atoms with Gasteiger partial charge in [-0.25, -0.2) is 4.98 Å². The van der Waals surface area contributed by atoms with Crippen LogP contribution in [0.2, 0.25) is 0 Å². The van der Waals surface area contributed by atoms with Gasteiger partial charge in [-0.3, -0.25) is 4.79 Å². The molecule has 3 rings (SSSR count). The molecule has 2 N–H and O–H groups in total. The molecule has 0 bridgehead atoms. The lowest BCUT2D eigenvalue weighted by molar-refractivity contribution is 0.0939. The smallest absolute Gasteiger partial charge is 0.263 e. The van der Waals surface area contributed by atoms with Crippen LogP contribution in [0, 0.1) is 6.92 Å². The molecule has 7 heteroatoms. The third kappa shape index (κ3) is 3.19. The van der Waals surface area contributed by atoms with Crippen molar-refractivity contribution in [1.29, 1.82) is 0 Å². The molecule has 0 aliphatic carbocycles. The van der Waals surface area contributed by atoms with Gasteiger partial charge in [-0.15, -0.1) is 0 Å². The fourth-order valence-corrected chi connectivity index (χ4v) is 2.27. The van der Waals surface area contributed by atoms with Crippen LogP contribution < -0.4 is 10.6 Å². The van der Waals surface area contributed by atoms with Gasteiger partial charge < -0.3 is 15.2 Å². The zero-order valence-corrected chi connectivity index (χ0v) is 13.8. The summed E-state index contributed by atoms with van der Waals surface area (Å²) in [6, 6.07) is 7.38. The molecule has 24 heavy (non-hydrogen) atoms. The lowest BCUT2D eigenvalue weighted by atomic mass is 10.1. The maximum absolute atomic E-state index is 12.1. The van der Waals surface area contributed by atoms with Gasteiger partial charge in [-0.1, -0.05) is 12.1 Å². The number of carbonyl (C=O) groups excluding carboxylic acids is 1. The van der Waals surface area contributed by atoms with E-state index in [9.17, 15) is 4.79 Å². The topological polar surface area (TPSA) is 92.9 Å². The summed E-state index contributed by atoms with van der Waals surface area (Å²) < 4.78 is 5.13. The molecule has 2 heterocycles. The second kappa shape index (κ2) is 6.66. The van der Waals surface area contributed by atoms with Crippen LogP contribution in [0.3, 0.4) is 0 Å². The monoisotopic (exact) mass is 325 g/mol. The number of aromatic nitrogens is 3. The molecule has 0 fully saturated rings. The molecule has 0 unspecified atom stereocenters. The molecule has 0 saturated carbocycles. The van der Waals surface area contributed by atoms with Gasteiger partial charge in [0.25, 0.3) is 11.6 Å². The van der Waals surface area contributed by atoms with Crippen molar-refractivity contribution in [2.75, 3.05) is 5.32 Å². The van der Waals surface area contributed by atoms with Gasteiger partial charge >= 0.3 is 0 Å². The normalized spacial score (nSPS) is 12.1. The molecule has 1 amide bonds. The summed E-state index contributed by atoms with van der Waals surface area (Å²) in [5, 5.41) is 10.8. The molecule has 0 radical (unpaired) electrons. The largest absolute Gasteiger partial charge is 0.350 e. The summed E-state index contributed by atoms with van der Waals surface area (Å²) in [7, 11) is 0. The van der Waals surface area contributed by atoms with Gasteiger partial charge in [0.15, 0.2) is 0 Å². The lowest BCUT2D eigenvalue weighted by Gasteiger charge is -2.12. The molecule has 124 valence electrons. The van der Waals surface area contributed by atoms with E-state index in [1.165, 1.54) is 6.33 Å². The highest BCUT2D eigenvalue weighted by atomic mass is 16.5. The third-order valence-corrected chi connectivity index (χ3v) is 3.84. The third-order valence-electron chi connectivity index (χ3n) is 3.84. The summed E-state index contributed by atoms with van der Waals surface area (Å²) >= 11 is 0. The highest BCUT2D eigenvalue weighted by Gasteiger charge is 2.13. The molecule has 0 aliphatic heterocycles. The summed E-state index contributed by atoms with van der Waals surface area (Å²) in [4.78, 5) is 20.4. The van der Waals surface area contributed by atoms with Gasteiger partial charge in [-0.2, -0.15) is 4.98 Å². The number of carbonyl (C=O) groups is 1. The summed E-state index contributed by atoms with van der Waals surface area (Å²) in [5.74, 6) is 0.547. The molecule has 0 saturated heterocycles. The van der Waals surface area contributed by atoms with Crippen LogP contribution in [-0.2, 0) is 0 Å². The van der Waals surface area contributed by atoms with Crippen LogP contribution in [0.1, 0.15) is 36.3 Å². The van der Waals surface area contributed by atoms with Crippen molar-refractivity contribution in [2.45, 2.75) is 33.2 Å². The minimum Gasteiger partial charge on any atom is -0.350 e. The van der Waals surface area contributed by atoms with Crippen LogP contribution >= 0.6 is 0 Å². The van der Waals surface area contributed by atoms with Crippen LogP contribution in [-0.4, -0.2) is 27.1 Å². The molecule has 7 nitrogen and oxygen atoms in total. The highest BCUT2D eigenvalue weighted by molar-refractivity contribution is 5.95. The van der Waals surface area contributed by atoms with Crippen molar-refractivity contribution >= 4 is 28.5 Å². The predicted octanol–water partition coefficient (Wildman–Crippen LogP) is 3.20. The van der Waals surface area contributed by atoms with Crippen molar-refractivity contribution in [3.05, 3.63) is 41.9 Å². The lowest BCUT2D eigenvalue weighted by Crippen LogP contribution is -2.31. The number of rotatable bonds is 5. The second-order valence-corrected chi connectivity index (χ2v) is 5.66. The first kappa shape index (κ1) is 15.9. The first-order valence-corrected chi connectivity index (χ1v) is 7.83. The van der Waals surface area contributed by atoms with E-state index >= 15 is 0 Å². The van der Waals surface area contributed by atoms with E-state index in [1.807, 2.05) is 32.9 Å². The van der Waals surface area contributed by atoms with Crippen LogP contribution in [0.5, 0.6) is 0 Å². The molecular formula is C17H19N5O2. The standard InChI is InChI=1S/C17H19N5O2/c1-4-10(2)20-16(23)12-5-7-13(8-6-12)21-15-14-11(3)22-24-17(14)19-9-18-15/h5-10H,4H2,1-3H3,(H,20,23)(H,18,19,21)/t10-/m1/s1. The van der Waals surface area contributed by atoms with Gasteiger partial charge in [0.1, 0.15) is 17.5 Å². The van der Waals surface area contributed by atoms with Gasteiger partial charge in [0.2, 0.25) is 0 Å². The molecule has 2 aromatic heterocycles. The Balaban J connectivity index is 1.79. The van der Waals surface area contributed by atoms with Crippen LogP contribution in [0.4, 0.5) is 11.5 Å². The highest BCUT2D eigenvalue weighted by Crippen LogP contribution is 2.25. The van der Waals surface area contributed by atoms with E-state index in [0.29, 0.717) is 17.1 Å². The number of anilines is 2. The number of hydrogen-bond acceptors (Lipinski definition) is 6. The number of aryl methyl sites for hydroxylation is 1. The van der Waals surface area contributed by atoms with Crippen LogP contribution in [0.15, 0.2) is 35.1 Å². The molecular weight excluding hydrogens is 306 g/mol. The molecule has 3 aromatic rings. The zero-order valence-electron chi connectivity index (χ0n) is 13.8. The second-order valence-electron chi connectivity index (χ2n) is 5.66. The maximum Gasteiger partial charge on any atom is 0.263 e. The fourth-order valence-electron chi connectivity index (χ4n) is 2.27. The number of nitrogens with one attached hydrogen (secondary N) is 2. The number of hydrogen-bond donors (Lipinski definition) is 2. The Morgan fingerprint density at radius 2 is 2.00 bits per heavy atom. The van der Waals surface area contributed by atoms with E-state index in [-0.39, 0.29) is 11.9 Å². The Bertz CT molecular complexity index is 857. The maximum atomic E-state index is 12.1. The number of fused-ring (bicyclic) bond motifs is 1. The summed E-state index contributed by atoms with van der Waals surface area (Å²) in [6.07, 6.45) is 2.32. The number of amides is 1. The minimum absolute atomic E-state index is 0.0739. The Labute approximate surface area is 139 Å². The number of nitrogens with zero attached hydrogens (tertiary/aromatic N) is 3. The fraction of sp³-hybridized carbons (Fsp3) is 0.294. The van der Waals surface area contributed by atoms with E-state index in [2.05, 4.69) is 25.8 Å². The summed E-state index contributed by atoms with van der Waals surface area (Å²) in [6.45, 7) is 5.85. The quantitative estimate of drug-likeness (QED) is 0.748. The zero-order chi connectivity index (χ0) is 17.1. The first-order valence-electron chi connectivity index (χ1n) is 7.83. The van der Waals surface area contributed by atoms with Crippen molar-refractivity contribution in [3.63, 3.8) is 0 Å². The Hall–Kier alpha value is -2.96. The van der Waals surface area contributed by atoms with E-state index in [0.717, 1.165) is 23.2 Å². The Kier molecular flexibility index (Phi) is 4.41. The Morgan fingerprint density at radius 3 is 2.71 bits per heavy atom. The van der Waals surface area contributed by atoms with E-state index in [4.69, 9.17) is 4.52 Å². The van der Waals surface area contributed by atoms with Crippen molar-refractivity contribution in [1.82, 2.24) is 20.4 Å². The average molecular weight is 325 g/mol. The van der Waals surface area contributed by atoms with E-state index < -0.39 is 0 Å². The van der Waals surface area contributed by atoms with Gasteiger partial charge in [0.05, 0.1) is 5.69 Å². The number of benzene rings is 1. The average Bonchev–Trinajstić information content (AvgIpc) is 2.97. The first-order chi connectivity index (χ1) is 11.6. The van der Waals surface area contributed by atoms with Crippen molar-refractivity contribution in [2.24, 2.45) is 0 Å². The summed E-state index contributed by atoms with van der Waals surface area (Å²) in [5.41, 5.74) is 2.60. The predicted molar refractivity (Wildman–Crippen MR) is 91.3 cm³/mol. The van der Waals surface area contributed by atoms with Crippen LogP contribution in [0.25, 0.3) is 11.1 Å². The molecule has 1 aromatic carbocycles.